The zero-order chi connectivity index (χ0) is 21.1. The molecular weight excluding hydrogens is 405 g/mol. The van der Waals surface area contributed by atoms with Crippen LogP contribution in [-0.4, -0.2) is 74.2 Å². The van der Waals surface area contributed by atoms with Gasteiger partial charge >= 0.3 is 18.5 Å². The molecule has 0 bridgehead atoms. The number of alkyl halides is 5. The molecule has 0 radical (unpaired) electrons. The quantitative estimate of drug-likeness (QED) is 0.561. The minimum Gasteiger partial charge on any atom is -0.395 e. The first kappa shape index (κ1) is 21.4. The largest absolute Gasteiger partial charge is 0.586 e. The smallest absolute Gasteiger partial charge is 0.395 e. The second kappa shape index (κ2) is 8.57. The lowest BCUT2D eigenvalue weighted by Gasteiger charge is -2.34. The van der Waals surface area contributed by atoms with Gasteiger partial charge in [0.1, 0.15) is 6.61 Å². The third-order valence-corrected chi connectivity index (χ3v) is 4.34. The molecule has 2 aliphatic heterocycles. The highest BCUT2D eigenvalue weighted by molar-refractivity contribution is 5.89. The van der Waals surface area contributed by atoms with Crippen molar-refractivity contribution in [2.24, 2.45) is 0 Å². The van der Waals surface area contributed by atoms with Gasteiger partial charge in [-0.15, -0.1) is 8.78 Å². The Labute approximate surface area is 163 Å². The highest BCUT2D eigenvalue weighted by Crippen LogP contribution is 2.42. The molecule has 0 saturated carbocycles. The fourth-order valence-electron chi connectivity index (χ4n) is 2.98. The molecule has 1 N–H and O–H groups in total. The monoisotopic (exact) mass is 425 g/mol. The number of nitrogens with one attached hydrogen (secondary N) is 1. The minimum absolute atomic E-state index is 0.0172. The second-order valence-corrected chi connectivity index (χ2v) is 6.61. The molecule has 3 rings (SSSR count). The number of amides is 2. The van der Waals surface area contributed by atoms with Gasteiger partial charge in [0.15, 0.2) is 11.5 Å². The Bertz CT molecular complexity index is 724. The summed E-state index contributed by atoms with van der Waals surface area (Å²) in [4.78, 5) is 15.9. The molecule has 2 heterocycles. The number of hydrogen-bond donors (Lipinski definition) is 1. The van der Waals surface area contributed by atoms with Crippen molar-refractivity contribution in [2.75, 3.05) is 51.3 Å². The third-order valence-electron chi connectivity index (χ3n) is 4.34. The lowest BCUT2D eigenvalue weighted by molar-refractivity contribution is -0.286. The van der Waals surface area contributed by atoms with E-state index in [2.05, 4.69) is 19.5 Å². The maximum absolute atomic E-state index is 13.0. The van der Waals surface area contributed by atoms with Crippen molar-refractivity contribution in [3.05, 3.63) is 18.2 Å². The molecule has 1 aromatic rings. The maximum Gasteiger partial charge on any atom is 0.586 e. The Hall–Kier alpha value is -2.34. The molecule has 1 saturated heterocycles. The van der Waals surface area contributed by atoms with Gasteiger partial charge in [0.25, 0.3) is 0 Å². The molecule has 0 unspecified atom stereocenters. The topological polar surface area (TPSA) is 63.3 Å². The lowest BCUT2D eigenvalue weighted by atomic mass is 10.2. The number of hydrogen-bond acceptors (Lipinski definition) is 5. The van der Waals surface area contributed by atoms with E-state index in [0.29, 0.717) is 44.8 Å². The first-order valence-corrected chi connectivity index (χ1v) is 8.94. The maximum atomic E-state index is 13.0. The summed E-state index contributed by atoms with van der Waals surface area (Å²) in [6.45, 7) is 1.33. The fourth-order valence-corrected chi connectivity index (χ4v) is 2.98. The van der Waals surface area contributed by atoms with E-state index in [-0.39, 0.29) is 24.1 Å². The van der Waals surface area contributed by atoms with Crippen LogP contribution in [0.4, 0.5) is 32.4 Å². The van der Waals surface area contributed by atoms with E-state index in [4.69, 9.17) is 0 Å². The summed E-state index contributed by atoms with van der Waals surface area (Å²) in [7, 11) is 0. The van der Waals surface area contributed by atoms with E-state index in [1.165, 1.54) is 18.2 Å². The molecule has 162 valence electrons. The SMILES string of the molecule is O=C(Nc1ccc2c(c1)OC(F)(F)O2)N1CCN(CCCOCC(F)(F)F)CC1. The van der Waals surface area contributed by atoms with Gasteiger partial charge in [0.05, 0.1) is 0 Å². The molecule has 0 spiro atoms. The van der Waals surface area contributed by atoms with Crippen molar-refractivity contribution in [1.82, 2.24) is 9.80 Å². The number of piperazine rings is 1. The van der Waals surface area contributed by atoms with Gasteiger partial charge < -0.3 is 24.4 Å². The molecule has 0 aliphatic carbocycles. The highest BCUT2D eigenvalue weighted by Gasteiger charge is 2.43. The van der Waals surface area contributed by atoms with Crippen LogP contribution in [0.5, 0.6) is 11.5 Å². The minimum atomic E-state index is -4.32. The Morgan fingerprint density at radius 1 is 1.14 bits per heavy atom. The number of carbonyl (C=O) groups excluding carboxylic acids is 1. The average Bonchev–Trinajstić information content (AvgIpc) is 2.94. The van der Waals surface area contributed by atoms with Crippen LogP contribution in [0.25, 0.3) is 0 Å². The van der Waals surface area contributed by atoms with Crippen molar-refractivity contribution >= 4 is 11.7 Å². The number of urea groups is 1. The van der Waals surface area contributed by atoms with Crippen molar-refractivity contribution < 1.29 is 41.0 Å². The summed E-state index contributed by atoms with van der Waals surface area (Å²) in [5, 5.41) is 2.62. The first-order valence-electron chi connectivity index (χ1n) is 8.94. The third kappa shape index (κ3) is 6.32. The zero-order valence-corrected chi connectivity index (χ0v) is 15.3. The number of benzene rings is 1. The molecule has 0 aromatic heterocycles. The summed E-state index contributed by atoms with van der Waals surface area (Å²) in [6, 6.07) is 3.58. The fraction of sp³-hybridized carbons (Fsp3) is 0.588. The van der Waals surface area contributed by atoms with Gasteiger partial charge in [-0.1, -0.05) is 0 Å². The normalized spacial score (nSPS) is 18.7. The van der Waals surface area contributed by atoms with Crippen LogP contribution in [0, 0.1) is 0 Å². The summed E-state index contributed by atoms with van der Waals surface area (Å²) in [5.41, 5.74) is 0.291. The summed E-state index contributed by atoms with van der Waals surface area (Å²) in [6.07, 6.45) is -7.58. The van der Waals surface area contributed by atoms with Gasteiger partial charge in [0, 0.05) is 51.1 Å². The van der Waals surface area contributed by atoms with Gasteiger partial charge in [-0.3, -0.25) is 4.90 Å². The van der Waals surface area contributed by atoms with Crippen LogP contribution in [0.2, 0.25) is 0 Å². The molecular formula is C17H20F5N3O4. The molecule has 1 aromatic carbocycles. The lowest BCUT2D eigenvalue weighted by Crippen LogP contribution is -2.50. The second-order valence-electron chi connectivity index (χ2n) is 6.61. The van der Waals surface area contributed by atoms with E-state index in [1.807, 2.05) is 4.90 Å². The Balaban J connectivity index is 1.37. The first-order chi connectivity index (χ1) is 13.6. The van der Waals surface area contributed by atoms with Crippen molar-refractivity contribution in [1.29, 1.82) is 0 Å². The van der Waals surface area contributed by atoms with Gasteiger partial charge in [-0.25, -0.2) is 4.79 Å². The summed E-state index contributed by atoms with van der Waals surface area (Å²) < 4.78 is 75.3. The number of nitrogens with zero attached hydrogens (tertiary/aromatic N) is 2. The van der Waals surface area contributed by atoms with Gasteiger partial charge in [-0.2, -0.15) is 13.2 Å². The summed E-state index contributed by atoms with van der Waals surface area (Å²) >= 11 is 0. The molecule has 0 atom stereocenters. The van der Waals surface area contributed by atoms with E-state index < -0.39 is 19.1 Å². The predicted octanol–water partition coefficient (Wildman–Crippen LogP) is 3.13. The Morgan fingerprint density at radius 3 is 2.52 bits per heavy atom. The van der Waals surface area contributed by atoms with E-state index >= 15 is 0 Å². The summed E-state index contributed by atoms with van der Waals surface area (Å²) in [5.74, 6) is -0.272. The molecule has 1 fully saturated rings. The van der Waals surface area contributed by atoms with Crippen molar-refractivity contribution in [3.63, 3.8) is 0 Å². The number of rotatable bonds is 6. The van der Waals surface area contributed by atoms with Crippen molar-refractivity contribution in [2.45, 2.75) is 18.9 Å². The average molecular weight is 425 g/mol. The van der Waals surface area contributed by atoms with E-state index in [1.54, 1.807) is 4.90 Å². The molecule has 29 heavy (non-hydrogen) atoms. The van der Waals surface area contributed by atoms with Crippen LogP contribution in [-0.2, 0) is 4.74 Å². The number of ether oxygens (including phenoxy) is 3. The van der Waals surface area contributed by atoms with Crippen LogP contribution < -0.4 is 14.8 Å². The number of fused-ring (bicyclic) bond motifs is 1. The zero-order valence-electron chi connectivity index (χ0n) is 15.3. The van der Waals surface area contributed by atoms with E-state index in [9.17, 15) is 26.7 Å². The Morgan fingerprint density at radius 2 is 1.83 bits per heavy atom. The molecule has 7 nitrogen and oxygen atoms in total. The van der Waals surface area contributed by atoms with Gasteiger partial charge in [0.2, 0.25) is 0 Å². The molecule has 12 heteroatoms. The molecule has 2 amide bonds. The van der Waals surface area contributed by atoms with Crippen LogP contribution in [0.1, 0.15) is 6.42 Å². The van der Waals surface area contributed by atoms with Crippen LogP contribution >= 0.6 is 0 Å². The van der Waals surface area contributed by atoms with Crippen LogP contribution in [0.15, 0.2) is 18.2 Å². The molecule has 2 aliphatic rings. The number of halogens is 5. The van der Waals surface area contributed by atoms with E-state index in [0.717, 1.165) is 0 Å². The highest BCUT2D eigenvalue weighted by atomic mass is 19.4. The number of anilines is 1. The number of carbonyl (C=O) groups is 1. The predicted molar refractivity (Wildman–Crippen MR) is 91.2 cm³/mol. The Kier molecular flexibility index (Phi) is 6.32. The van der Waals surface area contributed by atoms with Gasteiger partial charge in [-0.05, 0) is 18.6 Å². The van der Waals surface area contributed by atoms with Crippen molar-refractivity contribution in [3.8, 4) is 11.5 Å². The van der Waals surface area contributed by atoms with Crippen LogP contribution in [0.3, 0.4) is 0 Å². The standard InChI is InChI=1S/C17H20F5N3O4/c18-16(19,20)11-27-9-1-4-24-5-7-25(8-6-24)15(26)23-12-2-3-13-14(10-12)29-17(21,22)28-13/h2-3,10H,1,4-9,11H2,(H,23,26).